The van der Waals surface area contributed by atoms with E-state index in [1.54, 1.807) is 0 Å². The summed E-state index contributed by atoms with van der Waals surface area (Å²) in [5.41, 5.74) is -0.610. The Bertz CT molecular complexity index is 299. The Morgan fingerprint density at radius 1 is 1.24 bits per heavy atom. The maximum absolute atomic E-state index is 10.7. The van der Waals surface area contributed by atoms with E-state index in [-0.39, 0.29) is 24.4 Å². The number of ether oxygens (including phenoxy) is 2. The van der Waals surface area contributed by atoms with E-state index in [0.717, 1.165) is 0 Å². The summed E-state index contributed by atoms with van der Waals surface area (Å²) in [5.74, 6) is 0. The molecule has 17 heavy (non-hydrogen) atoms. The van der Waals surface area contributed by atoms with Gasteiger partial charge in [0.05, 0.1) is 11.2 Å². The van der Waals surface area contributed by atoms with Gasteiger partial charge in [0.1, 0.15) is 12.7 Å². The topological polar surface area (TPSA) is 54.0 Å². The normalized spacial score (nSPS) is 30.2. The molecular formula is C11H19BO5. The van der Waals surface area contributed by atoms with Crippen molar-refractivity contribution in [3.8, 4) is 0 Å². The highest BCUT2D eigenvalue weighted by Gasteiger charge is 2.50. The quantitative estimate of drug-likeness (QED) is 0.559. The van der Waals surface area contributed by atoms with E-state index < -0.39 is 6.16 Å². The maximum atomic E-state index is 10.7. The fraction of sp³-hybridized carbons (Fsp3) is 0.909. The molecule has 0 aromatic carbocycles. The highest BCUT2D eigenvalue weighted by atomic mass is 16.8. The van der Waals surface area contributed by atoms with E-state index in [1.807, 2.05) is 27.7 Å². The third-order valence-corrected chi connectivity index (χ3v) is 3.68. The van der Waals surface area contributed by atoms with Crippen LogP contribution in [-0.4, -0.2) is 37.2 Å². The van der Waals surface area contributed by atoms with Crippen LogP contribution in [0.1, 0.15) is 34.1 Å². The Balaban J connectivity index is 1.80. The van der Waals surface area contributed by atoms with Gasteiger partial charge in [0.25, 0.3) is 0 Å². The first kappa shape index (κ1) is 12.7. The van der Waals surface area contributed by atoms with Gasteiger partial charge >= 0.3 is 13.3 Å². The number of hydrogen-bond acceptors (Lipinski definition) is 5. The fourth-order valence-electron chi connectivity index (χ4n) is 1.91. The summed E-state index contributed by atoms with van der Waals surface area (Å²) in [6, 6.07) is 0. The van der Waals surface area contributed by atoms with Crippen molar-refractivity contribution in [2.75, 3.05) is 6.61 Å². The molecule has 96 valence electrons. The Morgan fingerprint density at radius 2 is 1.82 bits per heavy atom. The van der Waals surface area contributed by atoms with Crippen LogP contribution in [0.3, 0.4) is 0 Å². The van der Waals surface area contributed by atoms with Gasteiger partial charge in [0, 0.05) is 0 Å². The number of carbonyl (C=O) groups is 1. The molecule has 0 bridgehead atoms. The molecule has 2 fully saturated rings. The van der Waals surface area contributed by atoms with E-state index >= 15 is 0 Å². The summed E-state index contributed by atoms with van der Waals surface area (Å²) in [5, 5.41) is 0. The third-order valence-electron chi connectivity index (χ3n) is 3.68. The van der Waals surface area contributed by atoms with Crippen LogP contribution in [0.25, 0.3) is 0 Å². The van der Waals surface area contributed by atoms with Gasteiger partial charge in [-0.05, 0) is 40.4 Å². The Labute approximate surface area is 102 Å². The van der Waals surface area contributed by atoms with Gasteiger partial charge in [0.2, 0.25) is 0 Å². The Kier molecular flexibility index (Phi) is 3.12. The molecule has 0 amide bonds. The average Bonchev–Trinajstić information content (AvgIpc) is 2.67. The second-order valence-electron chi connectivity index (χ2n) is 5.56. The van der Waals surface area contributed by atoms with Gasteiger partial charge in [0.15, 0.2) is 0 Å². The van der Waals surface area contributed by atoms with Gasteiger partial charge in [-0.25, -0.2) is 4.79 Å². The Hall–Kier alpha value is -0.745. The lowest BCUT2D eigenvalue weighted by molar-refractivity contribution is 0.00578. The van der Waals surface area contributed by atoms with Crippen LogP contribution in [0.2, 0.25) is 6.32 Å². The summed E-state index contributed by atoms with van der Waals surface area (Å²) in [4.78, 5) is 10.7. The molecule has 0 spiro atoms. The lowest BCUT2D eigenvalue weighted by Gasteiger charge is -2.32. The molecule has 1 atom stereocenters. The molecule has 0 saturated carbocycles. The maximum Gasteiger partial charge on any atom is 0.508 e. The molecule has 2 aliphatic rings. The van der Waals surface area contributed by atoms with Crippen molar-refractivity contribution < 1.29 is 23.6 Å². The molecule has 0 aliphatic carbocycles. The van der Waals surface area contributed by atoms with Crippen LogP contribution in [0, 0.1) is 0 Å². The minimum atomic E-state index is -0.580. The van der Waals surface area contributed by atoms with E-state index in [1.165, 1.54) is 0 Å². The molecule has 0 N–H and O–H groups in total. The van der Waals surface area contributed by atoms with Crippen molar-refractivity contribution in [3.05, 3.63) is 0 Å². The summed E-state index contributed by atoms with van der Waals surface area (Å²) in [6.45, 7) is 8.41. The van der Waals surface area contributed by atoms with E-state index in [4.69, 9.17) is 18.8 Å². The minimum absolute atomic E-state index is 0.165. The summed E-state index contributed by atoms with van der Waals surface area (Å²) >= 11 is 0. The molecule has 2 rings (SSSR count). The molecule has 2 heterocycles. The molecule has 5 nitrogen and oxygen atoms in total. The van der Waals surface area contributed by atoms with E-state index in [2.05, 4.69) is 0 Å². The van der Waals surface area contributed by atoms with Crippen molar-refractivity contribution in [2.45, 2.75) is 57.7 Å². The van der Waals surface area contributed by atoms with Crippen LogP contribution in [0.5, 0.6) is 0 Å². The standard InChI is InChI=1S/C11H19BO5/c1-10(2)11(3,4)17-12(16-10)6-5-8-7-14-9(13)15-8/h8H,5-7H2,1-4H3. The number of rotatable bonds is 3. The predicted molar refractivity (Wildman–Crippen MR) is 61.7 cm³/mol. The smallest absolute Gasteiger partial charge is 0.430 e. The molecule has 2 aliphatic heterocycles. The molecular weight excluding hydrogens is 223 g/mol. The summed E-state index contributed by atoms with van der Waals surface area (Å²) in [6.07, 6.45) is 0.655. The lowest BCUT2D eigenvalue weighted by Crippen LogP contribution is -2.41. The van der Waals surface area contributed by atoms with Crippen LogP contribution >= 0.6 is 0 Å². The molecule has 2 saturated heterocycles. The first-order chi connectivity index (χ1) is 7.80. The van der Waals surface area contributed by atoms with Gasteiger partial charge < -0.3 is 18.8 Å². The Morgan fingerprint density at radius 3 is 2.29 bits per heavy atom. The second kappa shape index (κ2) is 4.17. The van der Waals surface area contributed by atoms with Crippen LogP contribution < -0.4 is 0 Å². The number of cyclic esters (lactones) is 2. The van der Waals surface area contributed by atoms with Crippen molar-refractivity contribution in [1.29, 1.82) is 0 Å². The van der Waals surface area contributed by atoms with E-state index in [9.17, 15) is 4.79 Å². The third kappa shape index (κ3) is 2.58. The summed E-state index contributed by atoms with van der Waals surface area (Å²) < 4.78 is 21.4. The zero-order valence-electron chi connectivity index (χ0n) is 10.8. The fourth-order valence-corrected chi connectivity index (χ4v) is 1.91. The molecule has 1 unspecified atom stereocenters. The SMILES string of the molecule is CC1(C)OB(CCC2COC(=O)O2)OC1(C)C. The minimum Gasteiger partial charge on any atom is -0.430 e. The number of carbonyl (C=O) groups excluding carboxylic acids is 1. The largest absolute Gasteiger partial charge is 0.508 e. The molecule has 6 heteroatoms. The average molecular weight is 242 g/mol. The van der Waals surface area contributed by atoms with Crippen molar-refractivity contribution in [2.24, 2.45) is 0 Å². The van der Waals surface area contributed by atoms with Crippen LogP contribution in [0.15, 0.2) is 0 Å². The predicted octanol–water partition coefficient (Wildman–Crippen LogP) is 2.00. The van der Waals surface area contributed by atoms with Crippen molar-refractivity contribution >= 4 is 13.3 Å². The van der Waals surface area contributed by atoms with Gasteiger partial charge in [-0.15, -0.1) is 0 Å². The van der Waals surface area contributed by atoms with Crippen LogP contribution in [0.4, 0.5) is 4.79 Å². The molecule has 0 aromatic heterocycles. The van der Waals surface area contributed by atoms with Crippen molar-refractivity contribution in [3.63, 3.8) is 0 Å². The summed E-state index contributed by atoms with van der Waals surface area (Å²) in [7, 11) is -0.237. The highest BCUT2D eigenvalue weighted by molar-refractivity contribution is 6.45. The highest BCUT2D eigenvalue weighted by Crippen LogP contribution is 2.38. The molecule has 0 radical (unpaired) electrons. The zero-order valence-corrected chi connectivity index (χ0v) is 10.8. The lowest BCUT2D eigenvalue weighted by atomic mass is 9.82. The first-order valence-corrected chi connectivity index (χ1v) is 5.99. The first-order valence-electron chi connectivity index (χ1n) is 5.99. The second-order valence-corrected chi connectivity index (χ2v) is 5.56. The number of hydrogen-bond donors (Lipinski definition) is 0. The van der Waals surface area contributed by atoms with Crippen LogP contribution in [-0.2, 0) is 18.8 Å². The zero-order chi connectivity index (χ0) is 12.7. The van der Waals surface area contributed by atoms with E-state index in [0.29, 0.717) is 19.3 Å². The van der Waals surface area contributed by atoms with Gasteiger partial charge in [-0.1, -0.05) is 0 Å². The monoisotopic (exact) mass is 242 g/mol. The molecule has 0 aromatic rings. The van der Waals surface area contributed by atoms with Gasteiger partial charge in [-0.2, -0.15) is 0 Å². The van der Waals surface area contributed by atoms with Gasteiger partial charge in [-0.3, -0.25) is 0 Å². The van der Waals surface area contributed by atoms with Crippen molar-refractivity contribution in [1.82, 2.24) is 0 Å².